The normalized spacial score (nSPS) is 15.6. The summed E-state index contributed by atoms with van der Waals surface area (Å²) in [6.45, 7) is 2.76. The fraction of sp³-hybridized carbons (Fsp3) is 0.321. The van der Waals surface area contributed by atoms with E-state index in [2.05, 4.69) is 6.92 Å². The molecule has 6 heteroatoms. The third-order valence-electron chi connectivity index (χ3n) is 6.57. The highest BCUT2D eigenvalue weighted by Gasteiger charge is 2.25. The first-order valence-electron chi connectivity index (χ1n) is 11.8. The van der Waals surface area contributed by atoms with Crippen molar-refractivity contribution >= 4 is 27.3 Å². The van der Waals surface area contributed by atoms with Gasteiger partial charge >= 0.3 is 0 Å². The molecule has 0 saturated carbocycles. The minimum absolute atomic E-state index is 0.00332. The number of aromatic nitrogens is 2. The molecule has 0 spiro atoms. The Kier molecular flexibility index (Phi) is 6.19. The molecule has 34 heavy (non-hydrogen) atoms. The third kappa shape index (κ3) is 4.36. The van der Waals surface area contributed by atoms with Crippen LogP contribution in [-0.2, 0) is 25.9 Å². The number of ketones is 1. The highest BCUT2D eigenvalue weighted by molar-refractivity contribution is 7.18. The molecule has 2 heterocycles. The first-order valence-corrected chi connectivity index (χ1v) is 12.6. The van der Waals surface area contributed by atoms with Gasteiger partial charge in [-0.05, 0) is 56.0 Å². The molecule has 0 amide bonds. The molecule has 2 aromatic heterocycles. The molecule has 0 bridgehead atoms. The summed E-state index contributed by atoms with van der Waals surface area (Å²) < 4.78 is 1.60. The van der Waals surface area contributed by atoms with Gasteiger partial charge in [-0.1, -0.05) is 61.5 Å². The van der Waals surface area contributed by atoms with E-state index in [1.54, 1.807) is 15.9 Å². The zero-order valence-electron chi connectivity index (χ0n) is 19.9. The maximum absolute atomic E-state index is 13.7. The van der Waals surface area contributed by atoms with Crippen molar-refractivity contribution in [3.8, 4) is 11.1 Å². The first-order chi connectivity index (χ1) is 16.4. The van der Waals surface area contributed by atoms with Gasteiger partial charge in [0.1, 0.15) is 10.7 Å². The molecule has 0 aliphatic heterocycles. The maximum atomic E-state index is 13.7. The quantitative estimate of drug-likeness (QED) is 0.363. The summed E-state index contributed by atoms with van der Waals surface area (Å²) in [5.41, 5.74) is 3.84. The first kappa shape index (κ1) is 22.7. The molecule has 0 fully saturated rings. The lowest BCUT2D eigenvalue weighted by molar-refractivity contribution is 0.0968. The Labute approximate surface area is 203 Å². The summed E-state index contributed by atoms with van der Waals surface area (Å²) in [6, 6.07) is 17.7. The van der Waals surface area contributed by atoms with Crippen molar-refractivity contribution in [1.29, 1.82) is 0 Å². The second-order valence-electron chi connectivity index (χ2n) is 9.56. The van der Waals surface area contributed by atoms with Gasteiger partial charge in [-0.2, -0.15) is 0 Å². The van der Waals surface area contributed by atoms with Gasteiger partial charge in [-0.25, -0.2) is 4.98 Å². The molecule has 1 aliphatic rings. The summed E-state index contributed by atoms with van der Waals surface area (Å²) in [7, 11) is 3.90. The Morgan fingerprint density at radius 2 is 1.79 bits per heavy atom. The minimum Gasteiger partial charge on any atom is -0.302 e. The van der Waals surface area contributed by atoms with Crippen LogP contribution >= 0.6 is 11.3 Å². The zero-order valence-corrected chi connectivity index (χ0v) is 20.7. The SMILES string of the molecule is CC1CCc2c(sc3nc(CN(C)C)n(CC(=O)c4ccc(-c5ccccc5)cc4)c(=O)c23)C1. The number of fused-ring (bicyclic) bond motifs is 3. The Balaban J connectivity index is 1.51. The van der Waals surface area contributed by atoms with Gasteiger partial charge in [0.25, 0.3) is 5.56 Å². The second-order valence-corrected chi connectivity index (χ2v) is 10.6. The van der Waals surface area contributed by atoms with E-state index in [-0.39, 0.29) is 17.9 Å². The lowest BCUT2D eigenvalue weighted by Gasteiger charge is -2.18. The van der Waals surface area contributed by atoms with Crippen LogP contribution in [0.2, 0.25) is 0 Å². The molecule has 0 radical (unpaired) electrons. The van der Waals surface area contributed by atoms with E-state index >= 15 is 0 Å². The Morgan fingerprint density at radius 3 is 2.50 bits per heavy atom. The number of aryl methyl sites for hydroxylation is 1. The van der Waals surface area contributed by atoms with Crippen molar-refractivity contribution < 1.29 is 4.79 Å². The van der Waals surface area contributed by atoms with Crippen LogP contribution in [0.5, 0.6) is 0 Å². The van der Waals surface area contributed by atoms with Crippen molar-refractivity contribution in [3.05, 3.63) is 86.8 Å². The third-order valence-corrected chi connectivity index (χ3v) is 7.72. The summed E-state index contributed by atoms with van der Waals surface area (Å²) in [4.78, 5) is 36.0. The van der Waals surface area contributed by atoms with Crippen molar-refractivity contribution in [1.82, 2.24) is 14.5 Å². The lowest BCUT2D eigenvalue weighted by atomic mass is 9.89. The molecule has 0 N–H and O–H groups in total. The van der Waals surface area contributed by atoms with Crippen molar-refractivity contribution in [2.75, 3.05) is 14.1 Å². The number of thiophene rings is 1. The van der Waals surface area contributed by atoms with Crippen LogP contribution in [-0.4, -0.2) is 34.3 Å². The highest BCUT2D eigenvalue weighted by Crippen LogP contribution is 2.36. The lowest BCUT2D eigenvalue weighted by Crippen LogP contribution is -2.31. The molecule has 2 aromatic carbocycles. The smallest absolute Gasteiger partial charge is 0.263 e. The monoisotopic (exact) mass is 471 g/mol. The largest absolute Gasteiger partial charge is 0.302 e. The van der Waals surface area contributed by atoms with Crippen molar-refractivity contribution in [2.24, 2.45) is 5.92 Å². The highest BCUT2D eigenvalue weighted by atomic mass is 32.1. The number of carbonyl (C=O) groups excluding carboxylic acids is 1. The van der Waals surface area contributed by atoms with Crippen molar-refractivity contribution in [2.45, 2.75) is 39.3 Å². The molecule has 174 valence electrons. The van der Waals surface area contributed by atoms with Crippen LogP contribution in [0.4, 0.5) is 0 Å². The summed E-state index contributed by atoms with van der Waals surface area (Å²) in [6.07, 6.45) is 3.01. The van der Waals surface area contributed by atoms with E-state index in [1.807, 2.05) is 73.6 Å². The maximum Gasteiger partial charge on any atom is 0.263 e. The zero-order chi connectivity index (χ0) is 23.8. The number of hydrogen-bond acceptors (Lipinski definition) is 5. The molecular weight excluding hydrogens is 442 g/mol. The van der Waals surface area contributed by atoms with Gasteiger partial charge in [-0.15, -0.1) is 11.3 Å². The van der Waals surface area contributed by atoms with Crippen LogP contribution in [0.25, 0.3) is 21.3 Å². The Morgan fingerprint density at radius 1 is 1.09 bits per heavy atom. The number of benzene rings is 2. The van der Waals surface area contributed by atoms with Crippen LogP contribution in [0, 0.1) is 5.92 Å². The topological polar surface area (TPSA) is 55.2 Å². The van der Waals surface area contributed by atoms with Crippen LogP contribution in [0.3, 0.4) is 0 Å². The molecule has 1 aliphatic carbocycles. The van der Waals surface area contributed by atoms with E-state index in [0.29, 0.717) is 23.9 Å². The predicted molar refractivity (Wildman–Crippen MR) is 139 cm³/mol. The molecule has 1 atom stereocenters. The number of nitrogens with zero attached hydrogens (tertiary/aromatic N) is 3. The molecule has 1 unspecified atom stereocenters. The van der Waals surface area contributed by atoms with Gasteiger partial charge in [0.2, 0.25) is 0 Å². The van der Waals surface area contributed by atoms with Crippen molar-refractivity contribution in [3.63, 3.8) is 0 Å². The second kappa shape index (κ2) is 9.28. The van der Waals surface area contributed by atoms with Gasteiger partial charge in [-0.3, -0.25) is 14.2 Å². The summed E-state index contributed by atoms with van der Waals surface area (Å²) >= 11 is 1.65. The number of hydrogen-bond donors (Lipinski definition) is 0. The van der Waals surface area contributed by atoms with Crippen LogP contribution in [0.15, 0.2) is 59.4 Å². The Bertz CT molecular complexity index is 1400. The average Bonchev–Trinajstić information content (AvgIpc) is 3.19. The van der Waals surface area contributed by atoms with Gasteiger partial charge in [0.15, 0.2) is 5.78 Å². The molecule has 5 nitrogen and oxygen atoms in total. The number of rotatable bonds is 6. The van der Waals surface area contributed by atoms with E-state index in [9.17, 15) is 9.59 Å². The van der Waals surface area contributed by atoms with E-state index in [1.165, 1.54) is 4.88 Å². The predicted octanol–water partition coefficient (Wildman–Crippen LogP) is 5.19. The molecular formula is C28H29N3O2S. The van der Waals surface area contributed by atoms with Gasteiger partial charge in [0, 0.05) is 10.4 Å². The van der Waals surface area contributed by atoms with E-state index in [0.717, 1.165) is 46.2 Å². The van der Waals surface area contributed by atoms with E-state index < -0.39 is 0 Å². The fourth-order valence-corrected chi connectivity index (χ4v) is 6.14. The fourth-order valence-electron chi connectivity index (χ4n) is 4.75. The van der Waals surface area contributed by atoms with Gasteiger partial charge < -0.3 is 4.90 Å². The van der Waals surface area contributed by atoms with E-state index in [4.69, 9.17) is 4.98 Å². The summed E-state index contributed by atoms with van der Waals surface area (Å²) in [5.74, 6) is 1.19. The standard InChI is InChI=1S/C28H29N3O2S/c1-18-9-14-22-24(15-18)34-27-26(22)28(33)31(25(29-27)17-30(2)3)16-23(32)21-12-10-20(11-13-21)19-7-5-4-6-8-19/h4-8,10-13,18H,9,14-17H2,1-3H3. The van der Waals surface area contributed by atoms with Crippen LogP contribution < -0.4 is 5.56 Å². The molecule has 5 rings (SSSR count). The Hall–Kier alpha value is -3.09. The molecule has 0 saturated heterocycles. The van der Waals surface area contributed by atoms with Gasteiger partial charge in [0.05, 0.1) is 18.5 Å². The number of Topliss-reactive ketones (excluding diaryl/α,β-unsaturated/α-hetero) is 1. The number of carbonyl (C=O) groups is 1. The minimum atomic E-state index is -0.0828. The average molecular weight is 472 g/mol. The molecule has 4 aromatic rings. The summed E-state index contributed by atoms with van der Waals surface area (Å²) in [5, 5.41) is 0.724. The van der Waals surface area contributed by atoms with Crippen LogP contribution in [0.1, 0.15) is 40.0 Å².